The van der Waals surface area contributed by atoms with E-state index >= 15 is 0 Å². The Hall–Kier alpha value is -1.51. The van der Waals surface area contributed by atoms with E-state index < -0.39 is 5.60 Å². The van der Waals surface area contributed by atoms with Crippen LogP contribution in [0, 0.1) is 12.3 Å². The van der Waals surface area contributed by atoms with Gasteiger partial charge in [0.2, 0.25) is 5.91 Å². The second-order valence-electron chi connectivity index (χ2n) is 8.21. The van der Waals surface area contributed by atoms with Crippen molar-refractivity contribution in [3.63, 3.8) is 0 Å². The Morgan fingerprint density at radius 3 is 2.65 bits per heavy atom. The van der Waals surface area contributed by atoms with Gasteiger partial charge in [-0.3, -0.25) is 14.8 Å². The number of aromatic nitrogens is 3. The normalized spacial score (nSPS) is 26.8. The van der Waals surface area contributed by atoms with E-state index in [1.807, 2.05) is 11.8 Å². The van der Waals surface area contributed by atoms with E-state index in [-0.39, 0.29) is 11.3 Å². The average Bonchev–Trinajstić information content (AvgIpc) is 3.01. The van der Waals surface area contributed by atoms with Crippen molar-refractivity contribution >= 4 is 5.91 Å². The van der Waals surface area contributed by atoms with Crippen LogP contribution < -0.4 is 0 Å². The number of carbonyl (C=O) groups excluding carboxylic acids is 1. The molecule has 0 spiro atoms. The van der Waals surface area contributed by atoms with Crippen molar-refractivity contribution in [2.24, 2.45) is 5.41 Å². The van der Waals surface area contributed by atoms with Crippen molar-refractivity contribution in [2.45, 2.75) is 45.6 Å². The van der Waals surface area contributed by atoms with Crippen molar-refractivity contribution in [1.82, 2.24) is 25.0 Å². The van der Waals surface area contributed by atoms with Gasteiger partial charge in [-0.05, 0) is 13.3 Å². The Morgan fingerprint density at radius 2 is 2.04 bits per heavy atom. The molecule has 26 heavy (non-hydrogen) atoms. The molecule has 1 amide bonds. The number of β-amino-alcohol motifs (C(OH)–C–C–N with tert-alkyl or cyclic N) is 1. The predicted octanol–water partition coefficient (Wildman–Crippen LogP) is 0.368. The van der Waals surface area contributed by atoms with Gasteiger partial charge in [0.15, 0.2) is 5.82 Å². The number of aryl methyl sites for hydroxylation is 2. The van der Waals surface area contributed by atoms with Gasteiger partial charge in [-0.15, -0.1) is 0 Å². The summed E-state index contributed by atoms with van der Waals surface area (Å²) in [6, 6.07) is 0. The van der Waals surface area contributed by atoms with Crippen LogP contribution in [0.4, 0.5) is 0 Å². The first-order valence-electron chi connectivity index (χ1n) is 9.47. The Kier molecular flexibility index (Phi) is 5.64. The number of piperidine rings is 1. The van der Waals surface area contributed by atoms with Crippen LogP contribution in [0.5, 0.6) is 0 Å². The summed E-state index contributed by atoms with van der Waals surface area (Å²) in [5.41, 5.74) is -1.15. The number of H-pyrrole nitrogens is 1. The van der Waals surface area contributed by atoms with Crippen LogP contribution in [0.1, 0.15) is 38.3 Å². The maximum absolute atomic E-state index is 12.6. The molecule has 2 fully saturated rings. The summed E-state index contributed by atoms with van der Waals surface area (Å²) in [4.78, 5) is 21.0. The number of nitrogens with one attached hydrogen (secondary N) is 1. The molecule has 0 bridgehead atoms. The number of carbonyl (C=O) groups is 1. The summed E-state index contributed by atoms with van der Waals surface area (Å²) in [5.74, 6) is 1.55. The molecule has 1 aromatic heterocycles. The van der Waals surface area contributed by atoms with Crippen LogP contribution in [0.2, 0.25) is 0 Å². The predicted molar refractivity (Wildman–Crippen MR) is 96.6 cm³/mol. The summed E-state index contributed by atoms with van der Waals surface area (Å²) >= 11 is 0. The summed E-state index contributed by atoms with van der Waals surface area (Å²) < 4.78 is 5.40. The molecule has 2 N–H and O–H groups in total. The molecular weight excluding hydrogens is 334 g/mol. The minimum Gasteiger partial charge on any atom is -0.388 e. The molecule has 0 aliphatic carbocycles. The van der Waals surface area contributed by atoms with Gasteiger partial charge in [-0.25, -0.2) is 4.98 Å². The minimum atomic E-state index is -0.790. The zero-order chi connectivity index (χ0) is 18.8. The molecule has 8 heteroatoms. The number of likely N-dealkylation sites (tertiary alicyclic amines) is 1. The fraction of sp³-hybridized carbons (Fsp3) is 0.833. The standard InChI is InChI=1S/C18H31N5O3/c1-14-19-15(21-20-14)4-5-16(24)23-7-6-18(25,17(2,3)12-23)13-22-8-10-26-11-9-22/h25H,4-13H2,1-3H3,(H,19,20,21)/t18-/m0/s1. The maximum Gasteiger partial charge on any atom is 0.223 e. The fourth-order valence-electron chi connectivity index (χ4n) is 3.87. The number of rotatable bonds is 5. The molecule has 0 unspecified atom stereocenters. The molecule has 8 nitrogen and oxygen atoms in total. The lowest BCUT2D eigenvalue weighted by atomic mass is 9.69. The van der Waals surface area contributed by atoms with Gasteiger partial charge in [-0.2, -0.15) is 5.10 Å². The lowest BCUT2D eigenvalue weighted by Crippen LogP contribution is -2.63. The Balaban J connectivity index is 1.55. The van der Waals surface area contributed by atoms with Gasteiger partial charge in [0.05, 0.1) is 18.8 Å². The second-order valence-corrected chi connectivity index (χ2v) is 8.21. The van der Waals surface area contributed by atoms with E-state index in [1.165, 1.54) is 0 Å². The molecule has 2 aliphatic rings. The average molecular weight is 365 g/mol. The molecule has 2 aliphatic heterocycles. The van der Waals surface area contributed by atoms with Crippen molar-refractivity contribution in [2.75, 3.05) is 45.9 Å². The first-order chi connectivity index (χ1) is 12.3. The van der Waals surface area contributed by atoms with Gasteiger partial charge in [0, 0.05) is 51.0 Å². The molecule has 0 aromatic carbocycles. The number of hydrogen-bond acceptors (Lipinski definition) is 6. The van der Waals surface area contributed by atoms with Crippen LogP contribution in [0.15, 0.2) is 0 Å². The first kappa shape index (κ1) is 19.3. The molecule has 146 valence electrons. The third-order valence-corrected chi connectivity index (χ3v) is 5.79. The van der Waals surface area contributed by atoms with E-state index in [4.69, 9.17) is 4.74 Å². The van der Waals surface area contributed by atoms with E-state index in [0.717, 1.165) is 32.1 Å². The summed E-state index contributed by atoms with van der Waals surface area (Å²) in [5, 5.41) is 18.2. The zero-order valence-electron chi connectivity index (χ0n) is 16.1. The highest BCUT2D eigenvalue weighted by Gasteiger charge is 2.49. The van der Waals surface area contributed by atoms with Crippen LogP contribution in [0.25, 0.3) is 0 Å². The number of morpholine rings is 1. The number of aromatic amines is 1. The quantitative estimate of drug-likeness (QED) is 0.783. The summed E-state index contributed by atoms with van der Waals surface area (Å²) in [6.45, 7) is 10.9. The number of aliphatic hydroxyl groups is 1. The maximum atomic E-state index is 12.6. The summed E-state index contributed by atoms with van der Waals surface area (Å²) in [7, 11) is 0. The molecule has 0 radical (unpaired) electrons. The zero-order valence-corrected chi connectivity index (χ0v) is 16.1. The summed E-state index contributed by atoms with van der Waals surface area (Å²) in [6.07, 6.45) is 1.54. The first-order valence-corrected chi connectivity index (χ1v) is 9.47. The van der Waals surface area contributed by atoms with Gasteiger partial charge < -0.3 is 14.7 Å². The van der Waals surface area contributed by atoms with E-state index in [2.05, 4.69) is 33.9 Å². The lowest BCUT2D eigenvalue weighted by Gasteiger charge is -2.52. The largest absolute Gasteiger partial charge is 0.388 e. The SMILES string of the molecule is Cc1nc(CCC(=O)N2CC[C@](O)(CN3CCOCC3)C(C)(C)C2)n[nH]1. The highest BCUT2D eigenvalue weighted by atomic mass is 16.5. The van der Waals surface area contributed by atoms with Crippen LogP contribution in [-0.2, 0) is 16.0 Å². The molecule has 0 saturated carbocycles. The highest BCUT2D eigenvalue weighted by Crippen LogP contribution is 2.39. The topological polar surface area (TPSA) is 94.6 Å². The van der Waals surface area contributed by atoms with E-state index in [9.17, 15) is 9.90 Å². The van der Waals surface area contributed by atoms with E-state index in [0.29, 0.717) is 44.7 Å². The molecular formula is C18H31N5O3. The highest BCUT2D eigenvalue weighted by molar-refractivity contribution is 5.76. The van der Waals surface area contributed by atoms with Crippen LogP contribution in [0.3, 0.4) is 0 Å². The van der Waals surface area contributed by atoms with Crippen LogP contribution in [-0.4, -0.2) is 87.5 Å². The smallest absolute Gasteiger partial charge is 0.223 e. The van der Waals surface area contributed by atoms with Gasteiger partial charge in [0.25, 0.3) is 0 Å². The molecule has 1 atom stereocenters. The number of ether oxygens (including phenoxy) is 1. The molecule has 2 saturated heterocycles. The van der Waals surface area contributed by atoms with Gasteiger partial charge in [-0.1, -0.05) is 13.8 Å². The van der Waals surface area contributed by atoms with E-state index in [1.54, 1.807) is 0 Å². The monoisotopic (exact) mass is 365 g/mol. The Bertz CT molecular complexity index is 626. The Morgan fingerprint density at radius 1 is 1.31 bits per heavy atom. The van der Waals surface area contributed by atoms with Crippen molar-refractivity contribution < 1.29 is 14.6 Å². The lowest BCUT2D eigenvalue weighted by molar-refractivity contribution is -0.157. The van der Waals surface area contributed by atoms with Gasteiger partial charge >= 0.3 is 0 Å². The van der Waals surface area contributed by atoms with Crippen LogP contribution >= 0.6 is 0 Å². The van der Waals surface area contributed by atoms with Crippen molar-refractivity contribution in [1.29, 1.82) is 0 Å². The van der Waals surface area contributed by atoms with Gasteiger partial charge in [0.1, 0.15) is 5.82 Å². The molecule has 1 aromatic rings. The Labute approximate surface area is 154 Å². The third kappa shape index (κ3) is 4.24. The van der Waals surface area contributed by atoms with Crippen molar-refractivity contribution in [3.05, 3.63) is 11.6 Å². The molecule has 3 rings (SSSR count). The fourth-order valence-corrected chi connectivity index (χ4v) is 3.87. The van der Waals surface area contributed by atoms with Crippen molar-refractivity contribution in [3.8, 4) is 0 Å². The second kappa shape index (κ2) is 7.62. The number of amides is 1. The number of hydrogen-bond donors (Lipinski definition) is 2. The minimum absolute atomic E-state index is 0.106. The number of nitrogens with zero attached hydrogens (tertiary/aromatic N) is 4. The molecule has 3 heterocycles. The third-order valence-electron chi connectivity index (χ3n) is 5.79.